The molecule has 0 bridgehead atoms. The van der Waals surface area contributed by atoms with E-state index in [1.54, 1.807) is 6.20 Å². The minimum absolute atomic E-state index is 0.0636. The van der Waals surface area contributed by atoms with Crippen LogP contribution in [0.4, 0.5) is 0 Å². The minimum atomic E-state index is -0.364. The Labute approximate surface area is 127 Å². The van der Waals surface area contributed by atoms with Crippen molar-refractivity contribution >= 4 is 5.91 Å². The Hall–Kier alpha value is -1.42. The summed E-state index contributed by atoms with van der Waals surface area (Å²) in [5, 5.41) is 0. The highest BCUT2D eigenvalue weighted by atomic mass is 16.2. The van der Waals surface area contributed by atoms with E-state index in [9.17, 15) is 4.79 Å². The third-order valence-corrected chi connectivity index (χ3v) is 4.40. The van der Waals surface area contributed by atoms with Crippen LogP contribution >= 0.6 is 0 Å². The van der Waals surface area contributed by atoms with Crippen LogP contribution < -0.4 is 5.73 Å². The molecule has 2 N–H and O–H groups in total. The van der Waals surface area contributed by atoms with Crippen LogP contribution in [-0.2, 0) is 11.3 Å². The van der Waals surface area contributed by atoms with Crippen molar-refractivity contribution in [3.8, 4) is 0 Å². The fourth-order valence-electron chi connectivity index (χ4n) is 3.15. The van der Waals surface area contributed by atoms with E-state index in [1.165, 1.54) is 32.1 Å². The molecule has 1 aromatic rings. The van der Waals surface area contributed by atoms with Gasteiger partial charge < -0.3 is 10.6 Å². The number of hydrogen-bond donors (Lipinski definition) is 1. The van der Waals surface area contributed by atoms with E-state index < -0.39 is 0 Å². The molecule has 1 amide bonds. The normalized spacial score (nSPS) is 17.4. The van der Waals surface area contributed by atoms with Gasteiger partial charge in [0.1, 0.15) is 0 Å². The lowest BCUT2D eigenvalue weighted by molar-refractivity contribution is -0.133. The molecule has 1 aliphatic carbocycles. The number of likely N-dealkylation sites (N-methyl/N-ethyl adjacent to an activating group) is 1. The maximum absolute atomic E-state index is 12.5. The predicted molar refractivity (Wildman–Crippen MR) is 84.5 cm³/mol. The van der Waals surface area contributed by atoms with Crippen molar-refractivity contribution in [2.24, 2.45) is 11.7 Å². The molecular weight excluding hydrogens is 262 g/mol. The Morgan fingerprint density at radius 2 is 2.14 bits per heavy atom. The summed E-state index contributed by atoms with van der Waals surface area (Å²) < 4.78 is 0. The molecule has 1 aliphatic rings. The van der Waals surface area contributed by atoms with Crippen LogP contribution in [0.25, 0.3) is 0 Å². The second-order valence-corrected chi connectivity index (χ2v) is 6.02. The van der Waals surface area contributed by atoms with Gasteiger partial charge in [0.15, 0.2) is 0 Å². The van der Waals surface area contributed by atoms with Crippen molar-refractivity contribution in [3.63, 3.8) is 0 Å². The fourth-order valence-corrected chi connectivity index (χ4v) is 3.15. The van der Waals surface area contributed by atoms with E-state index in [1.807, 2.05) is 30.0 Å². The van der Waals surface area contributed by atoms with Crippen LogP contribution in [0.3, 0.4) is 0 Å². The molecule has 0 saturated heterocycles. The molecule has 1 heterocycles. The van der Waals surface area contributed by atoms with Crippen LogP contribution in [0.15, 0.2) is 24.4 Å². The van der Waals surface area contributed by atoms with Gasteiger partial charge in [0, 0.05) is 12.7 Å². The molecule has 1 atom stereocenters. The van der Waals surface area contributed by atoms with Gasteiger partial charge >= 0.3 is 0 Å². The summed E-state index contributed by atoms with van der Waals surface area (Å²) >= 11 is 0. The molecule has 1 saturated carbocycles. The van der Waals surface area contributed by atoms with E-state index in [2.05, 4.69) is 4.98 Å². The molecule has 21 heavy (non-hydrogen) atoms. The summed E-state index contributed by atoms with van der Waals surface area (Å²) in [5.74, 6) is 0.694. The Kier molecular flexibility index (Phi) is 6.18. The molecule has 1 unspecified atom stereocenters. The lowest BCUT2D eigenvalue weighted by atomic mass is 9.85. The Morgan fingerprint density at radius 1 is 1.38 bits per heavy atom. The van der Waals surface area contributed by atoms with Gasteiger partial charge in [-0.3, -0.25) is 9.78 Å². The van der Waals surface area contributed by atoms with Crippen molar-refractivity contribution in [3.05, 3.63) is 30.1 Å². The first-order chi connectivity index (χ1) is 10.2. The summed E-state index contributed by atoms with van der Waals surface area (Å²) in [4.78, 5) is 18.6. The topological polar surface area (TPSA) is 59.2 Å². The molecule has 0 aliphatic heterocycles. The lowest BCUT2D eigenvalue weighted by Crippen LogP contribution is -2.44. The van der Waals surface area contributed by atoms with E-state index in [-0.39, 0.29) is 11.9 Å². The van der Waals surface area contributed by atoms with Crippen LogP contribution in [0.5, 0.6) is 0 Å². The number of amides is 1. The zero-order valence-electron chi connectivity index (χ0n) is 13.0. The average molecular weight is 289 g/mol. The van der Waals surface area contributed by atoms with Gasteiger partial charge in [-0.2, -0.15) is 0 Å². The average Bonchev–Trinajstić information content (AvgIpc) is 2.54. The number of carbonyl (C=O) groups excluding carboxylic acids is 1. The third-order valence-electron chi connectivity index (χ3n) is 4.40. The fraction of sp³-hybridized carbons (Fsp3) is 0.647. The molecule has 1 aromatic heterocycles. The highest BCUT2D eigenvalue weighted by molar-refractivity contribution is 5.81. The zero-order valence-corrected chi connectivity index (χ0v) is 13.0. The van der Waals surface area contributed by atoms with Gasteiger partial charge in [-0.1, -0.05) is 38.2 Å². The quantitative estimate of drug-likeness (QED) is 0.876. The maximum Gasteiger partial charge on any atom is 0.239 e. The minimum Gasteiger partial charge on any atom is -0.336 e. The SMILES string of the molecule is CCN(Cc1ccccn1)C(=O)C(N)CC1CCCCC1. The number of nitrogens with two attached hydrogens (primary N) is 1. The maximum atomic E-state index is 12.5. The number of rotatable bonds is 6. The molecule has 1 fully saturated rings. The van der Waals surface area contributed by atoms with Gasteiger partial charge in [0.25, 0.3) is 0 Å². The van der Waals surface area contributed by atoms with Crippen molar-refractivity contribution < 1.29 is 4.79 Å². The van der Waals surface area contributed by atoms with Crippen LogP contribution in [0, 0.1) is 5.92 Å². The van der Waals surface area contributed by atoms with Crippen LogP contribution in [-0.4, -0.2) is 28.4 Å². The summed E-state index contributed by atoms with van der Waals surface area (Å²) in [7, 11) is 0. The second-order valence-electron chi connectivity index (χ2n) is 6.02. The summed E-state index contributed by atoms with van der Waals surface area (Å²) in [6, 6.07) is 5.42. The number of pyridine rings is 1. The van der Waals surface area contributed by atoms with E-state index in [0.29, 0.717) is 19.0 Å². The second kappa shape index (κ2) is 8.13. The summed E-state index contributed by atoms with van der Waals surface area (Å²) in [5.41, 5.74) is 7.08. The van der Waals surface area contributed by atoms with Gasteiger partial charge in [0.2, 0.25) is 5.91 Å². The number of aromatic nitrogens is 1. The monoisotopic (exact) mass is 289 g/mol. The molecule has 116 valence electrons. The predicted octanol–water partition coefficient (Wildman–Crippen LogP) is 2.73. The number of hydrogen-bond acceptors (Lipinski definition) is 3. The van der Waals surface area contributed by atoms with Crippen molar-refractivity contribution in [1.82, 2.24) is 9.88 Å². The third kappa shape index (κ3) is 4.81. The summed E-state index contributed by atoms with van der Waals surface area (Å²) in [6.07, 6.45) is 8.96. The Morgan fingerprint density at radius 3 is 2.76 bits per heavy atom. The lowest BCUT2D eigenvalue weighted by Gasteiger charge is -2.28. The largest absolute Gasteiger partial charge is 0.336 e. The van der Waals surface area contributed by atoms with Crippen LogP contribution in [0.2, 0.25) is 0 Å². The zero-order chi connectivity index (χ0) is 15.1. The molecule has 0 radical (unpaired) electrons. The smallest absolute Gasteiger partial charge is 0.239 e. The van der Waals surface area contributed by atoms with E-state index in [0.717, 1.165) is 12.1 Å². The summed E-state index contributed by atoms with van der Waals surface area (Å²) in [6.45, 7) is 3.22. The van der Waals surface area contributed by atoms with Gasteiger partial charge in [-0.05, 0) is 31.4 Å². The molecule has 0 spiro atoms. The molecule has 4 nitrogen and oxygen atoms in total. The first-order valence-corrected chi connectivity index (χ1v) is 8.15. The van der Waals surface area contributed by atoms with Gasteiger partial charge in [0.05, 0.1) is 18.3 Å². The standard InChI is InChI=1S/C17H27N3O/c1-2-20(13-15-10-6-7-11-19-15)17(21)16(18)12-14-8-4-3-5-9-14/h6-7,10-11,14,16H,2-5,8-9,12-13,18H2,1H3. The molecule has 2 rings (SSSR count). The van der Waals surface area contributed by atoms with Crippen molar-refractivity contribution in [2.75, 3.05) is 6.54 Å². The number of carbonyl (C=O) groups is 1. The number of nitrogens with zero attached hydrogens (tertiary/aromatic N) is 2. The van der Waals surface area contributed by atoms with E-state index in [4.69, 9.17) is 5.73 Å². The highest BCUT2D eigenvalue weighted by Gasteiger charge is 2.24. The molecule has 4 heteroatoms. The van der Waals surface area contributed by atoms with Crippen molar-refractivity contribution in [2.45, 2.75) is 58.0 Å². The first-order valence-electron chi connectivity index (χ1n) is 8.15. The molecular formula is C17H27N3O. The molecule has 0 aromatic carbocycles. The van der Waals surface area contributed by atoms with Gasteiger partial charge in [-0.25, -0.2) is 0 Å². The van der Waals surface area contributed by atoms with Gasteiger partial charge in [-0.15, -0.1) is 0 Å². The Balaban J connectivity index is 1.89. The van der Waals surface area contributed by atoms with Crippen LogP contribution in [0.1, 0.15) is 51.1 Å². The highest BCUT2D eigenvalue weighted by Crippen LogP contribution is 2.27. The van der Waals surface area contributed by atoms with E-state index >= 15 is 0 Å². The first kappa shape index (κ1) is 16.0. The Bertz CT molecular complexity index is 429. The van der Waals surface area contributed by atoms with Crippen molar-refractivity contribution in [1.29, 1.82) is 0 Å².